The number of halogens is 1. The van der Waals surface area contributed by atoms with Gasteiger partial charge in [-0.05, 0) is 30.3 Å². The molecule has 0 bridgehead atoms. The monoisotopic (exact) mass is 430 g/mol. The van der Waals surface area contributed by atoms with Crippen LogP contribution in [0, 0.1) is 26.0 Å². The SMILES string of the molecule is O=[N+]([O-])c1cc(-c2nc3nc4ccccc4nc3n2-c2cccc(F)c2)cc([N+](=O)[O-])c1. The van der Waals surface area contributed by atoms with Crippen molar-refractivity contribution < 1.29 is 14.2 Å². The second-order valence-corrected chi connectivity index (χ2v) is 6.86. The number of imidazole rings is 1. The number of rotatable bonds is 4. The number of nitro groups is 2. The number of nitrogens with zero attached hydrogens (tertiary/aromatic N) is 6. The molecule has 0 aliphatic heterocycles. The van der Waals surface area contributed by atoms with Crippen molar-refractivity contribution in [2.45, 2.75) is 0 Å². The molecule has 3 aromatic carbocycles. The third-order valence-electron chi connectivity index (χ3n) is 4.82. The Labute approximate surface area is 177 Å². The third kappa shape index (κ3) is 3.17. The van der Waals surface area contributed by atoms with Crippen LogP contribution in [-0.4, -0.2) is 29.4 Å². The minimum atomic E-state index is -0.726. The molecule has 0 atom stereocenters. The van der Waals surface area contributed by atoms with Gasteiger partial charge in [0, 0.05) is 17.7 Å². The van der Waals surface area contributed by atoms with Gasteiger partial charge >= 0.3 is 0 Å². The summed E-state index contributed by atoms with van der Waals surface area (Å²) in [5.41, 5.74) is 1.10. The van der Waals surface area contributed by atoms with Crippen LogP contribution in [0.4, 0.5) is 15.8 Å². The van der Waals surface area contributed by atoms with Gasteiger partial charge < -0.3 is 0 Å². The highest BCUT2D eigenvalue weighted by atomic mass is 19.1. The highest BCUT2D eigenvalue weighted by Gasteiger charge is 2.23. The van der Waals surface area contributed by atoms with Crippen LogP contribution in [-0.2, 0) is 0 Å². The molecule has 32 heavy (non-hydrogen) atoms. The standard InChI is InChI=1S/C21H11FN6O4/c22-13-4-3-5-14(10-13)26-20(12-8-15(27(29)30)11-16(9-12)28(31)32)25-19-21(26)24-18-7-2-1-6-17(18)23-19/h1-11H. The third-order valence-corrected chi connectivity index (χ3v) is 4.82. The van der Waals surface area contributed by atoms with E-state index in [1.54, 1.807) is 30.3 Å². The van der Waals surface area contributed by atoms with Crippen molar-refractivity contribution in [3.63, 3.8) is 0 Å². The molecule has 0 fully saturated rings. The van der Waals surface area contributed by atoms with Crippen LogP contribution in [0.3, 0.4) is 0 Å². The molecule has 0 radical (unpaired) electrons. The molecule has 0 aliphatic carbocycles. The Morgan fingerprint density at radius 2 is 1.44 bits per heavy atom. The Hall–Kier alpha value is -4.80. The molecule has 2 aromatic heterocycles. The number of hydrogen-bond donors (Lipinski definition) is 0. The van der Waals surface area contributed by atoms with E-state index in [-0.39, 0.29) is 22.7 Å². The first-order valence-corrected chi connectivity index (χ1v) is 9.26. The van der Waals surface area contributed by atoms with Gasteiger partial charge in [-0.2, -0.15) is 0 Å². The normalized spacial score (nSPS) is 11.2. The Kier molecular flexibility index (Phi) is 4.29. The fourth-order valence-electron chi connectivity index (χ4n) is 3.45. The van der Waals surface area contributed by atoms with Gasteiger partial charge in [0.25, 0.3) is 11.4 Å². The second-order valence-electron chi connectivity index (χ2n) is 6.86. The van der Waals surface area contributed by atoms with Gasteiger partial charge in [0.15, 0.2) is 11.3 Å². The summed E-state index contributed by atoms with van der Waals surface area (Å²) in [6.45, 7) is 0. The van der Waals surface area contributed by atoms with Crippen LogP contribution >= 0.6 is 0 Å². The minimum Gasteiger partial charge on any atom is -0.275 e. The second kappa shape index (κ2) is 7.16. The molecule has 0 unspecified atom stereocenters. The predicted octanol–water partition coefficient (Wildman–Crippen LogP) is 4.59. The number of nitro benzene ring substituents is 2. The molecule has 156 valence electrons. The number of para-hydroxylation sites is 2. The van der Waals surface area contributed by atoms with Crippen LogP contribution in [0.1, 0.15) is 0 Å². The number of non-ortho nitro benzene ring substituents is 2. The van der Waals surface area contributed by atoms with E-state index in [0.29, 0.717) is 16.7 Å². The lowest BCUT2D eigenvalue weighted by Gasteiger charge is -2.09. The van der Waals surface area contributed by atoms with E-state index in [4.69, 9.17) is 0 Å². The van der Waals surface area contributed by atoms with E-state index in [9.17, 15) is 24.6 Å². The van der Waals surface area contributed by atoms with E-state index in [1.807, 2.05) is 0 Å². The van der Waals surface area contributed by atoms with Gasteiger partial charge in [-0.1, -0.05) is 18.2 Å². The fraction of sp³-hybridized carbons (Fsp3) is 0. The summed E-state index contributed by atoms with van der Waals surface area (Å²) in [5, 5.41) is 22.7. The molecular formula is C21H11FN6O4. The predicted molar refractivity (Wildman–Crippen MR) is 113 cm³/mol. The van der Waals surface area contributed by atoms with Crippen molar-refractivity contribution >= 4 is 33.7 Å². The number of fused-ring (bicyclic) bond motifs is 2. The quantitative estimate of drug-likeness (QED) is 0.301. The Morgan fingerprint density at radius 3 is 2.06 bits per heavy atom. The van der Waals surface area contributed by atoms with Crippen molar-refractivity contribution in [1.82, 2.24) is 19.5 Å². The van der Waals surface area contributed by atoms with E-state index < -0.39 is 27.0 Å². The van der Waals surface area contributed by atoms with Crippen molar-refractivity contribution in [3.05, 3.63) is 92.8 Å². The number of aromatic nitrogens is 4. The minimum absolute atomic E-state index is 0.0963. The zero-order chi connectivity index (χ0) is 22.4. The molecule has 0 amide bonds. The summed E-state index contributed by atoms with van der Waals surface area (Å²) in [6.07, 6.45) is 0. The Morgan fingerprint density at radius 1 is 0.781 bits per heavy atom. The van der Waals surface area contributed by atoms with Gasteiger partial charge in [-0.3, -0.25) is 24.8 Å². The number of benzene rings is 3. The van der Waals surface area contributed by atoms with Crippen molar-refractivity contribution in [1.29, 1.82) is 0 Å². The van der Waals surface area contributed by atoms with Crippen LogP contribution in [0.25, 0.3) is 39.4 Å². The summed E-state index contributed by atoms with van der Waals surface area (Å²) in [4.78, 5) is 34.8. The maximum absolute atomic E-state index is 14.0. The van der Waals surface area contributed by atoms with Gasteiger partial charge in [0.1, 0.15) is 11.6 Å². The van der Waals surface area contributed by atoms with E-state index in [1.165, 1.54) is 34.9 Å². The Balaban J connectivity index is 1.89. The maximum atomic E-state index is 14.0. The summed E-state index contributed by atoms with van der Waals surface area (Å²) < 4.78 is 15.5. The van der Waals surface area contributed by atoms with Crippen molar-refractivity contribution in [2.24, 2.45) is 0 Å². The van der Waals surface area contributed by atoms with E-state index in [0.717, 1.165) is 6.07 Å². The zero-order valence-corrected chi connectivity index (χ0v) is 16.0. The Bertz CT molecular complexity index is 1530. The van der Waals surface area contributed by atoms with E-state index >= 15 is 0 Å². The molecule has 0 aliphatic rings. The summed E-state index contributed by atoms with van der Waals surface area (Å²) in [6, 6.07) is 15.9. The molecule has 2 heterocycles. The van der Waals surface area contributed by atoms with Gasteiger partial charge in [0.2, 0.25) is 0 Å². The van der Waals surface area contributed by atoms with Gasteiger partial charge in [-0.15, -0.1) is 0 Å². The van der Waals surface area contributed by atoms with Crippen LogP contribution in [0.5, 0.6) is 0 Å². The highest BCUT2D eigenvalue weighted by molar-refractivity contribution is 5.86. The van der Waals surface area contributed by atoms with Gasteiger partial charge in [0.05, 0.1) is 32.6 Å². The zero-order valence-electron chi connectivity index (χ0n) is 16.0. The van der Waals surface area contributed by atoms with Gasteiger partial charge in [-0.25, -0.2) is 19.3 Å². The van der Waals surface area contributed by atoms with Crippen molar-refractivity contribution in [2.75, 3.05) is 0 Å². The molecule has 10 nitrogen and oxygen atoms in total. The molecule has 5 aromatic rings. The lowest BCUT2D eigenvalue weighted by atomic mass is 10.1. The summed E-state index contributed by atoms with van der Waals surface area (Å²) in [5.74, 6) is -0.415. The average Bonchev–Trinajstić information content (AvgIpc) is 3.15. The first kappa shape index (κ1) is 19.2. The number of hydrogen-bond acceptors (Lipinski definition) is 7. The summed E-state index contributed by atoms with van der Waals surface area (Å²) >= 11 is 0. The fourth-order valence-corrected chi connectivity index (χ4v) is 3.45. The largest absolute Gasteiger partial charge is 0.277 e. The topological polar surface area (TPSA) is 130 Å². The van der Waals surface area contributed by atoms with Crippen LogP contribution in [0.2, 0.25) is 0 Å². The van der Waals surface area contributed by atoms with Crippen LogP contribution in [0.15, 0.2) is 66.7 Å². The maximum Gasteiger partial charge on any atom is 0.277 e. The van der Waals surface area contributed by atoms with Crippen molar-refractivity contribution in [3.8, 4) is 17.1 Å². The molecule has 11 heteroatoms. The summed E-state index contributed by atoms with van der Waals surface area (Å²) in [7, 11) is 0. The first-order valence-electron chi connectivity index (χ1n) is 9.26. The lowest BCUT2D eigenvalue weighted by Crippen LogP contribution is -2.01. The first-order chi connectivity index (χ1) is 15.4. The lowest BCUT2D eigenvalue weighted by molar-refractivity contribution is -0.394. The highest BCUT2D eigenvalue weighted by Crippen LogP contribution is 2.33. The molecule has 0 saturated heterocycles. The van der Waals surface area contributed by atoms with Crippen LogP contribution < -0.4 is 0 Å². The molecular weight excluding hydrogens is 419 g/mol. The smallest absolute Gasteiger partial charge is 0.275 e. The molecule has 0 saturated carbocycles. The van der Waals surface area contributed by atoms with E-state index in [2.05, 4.69) is 15.0 Å². The molecule has 0 N–H and O–H groups in total. The average molecular weight is 430 g/mol. The molecule has 0 spiro atoms. The molecule has 5 rings (SSSR count).